The summed E-state index contributed by atoms with van der Waals surface area (Å²) >= 11 is 0. The smallest absolute Gasteiger partial charge is 0.394 e. The number of aliphatic carboxylic acids is 1. The summed E-state index contributed by atoms with van der Waals surface area (Å²) in [5.41, 5.74) is -0.347. The van der Waals surface area contributed by atoms with Crippen LogP contribution in [0.15, 0.2) is 41.3 Å². The highest BCUT2D eigenvalue weighted by molar-refractivity contribution is 5.94. The van der Waals surface area contributed by atoms with Gasteiger partial charge in [0.25, 0.3) is 11.5 Å². The van der Waals surface area contributed by atoms with Crippen LogP contribution in [0.25, 0.3) is 11.4 Å². The highest BCUT2D eigenvalue weighted by Gasteiger charge is 2.53. The van der Waals surface area contributed by atoms with Crippen molar-refractivity contribution in [3.05, 3.63) is 52.4 Å². The molecule has 0 unspecified atom stereocenters. The number of hydrogen-bond acceptors (Lipinski definition) is 4. The number of carbonyl (C=O) groups is 2. The molecule has 0 spiro atoms. The Morgan fingerprint density at radius 2 is 1.93 bits per heavy atom. The number of carboxylic acids is 1. The largest absolute Gasteiger partial charge is 0.481 e. The molecule has 3 heterocycles. The Hall–Kier alpha value is -3.17. The van der Waals surface area contributed by atoms with Crippen molar-refractivity contribution >= 4 is 11.9 Å². The molecule has 1 aliphatic rings. The van der Waals surface area contributed by atoms with Crippen molar-refractivity contribution in [3.8, 4) is 11.4 Å². The topological polar surface area (TPSA) is 103 Å². The average molecular weight is 381 g/mol. The van der Waals surface area contributed by atoms with Gasteiger partial charge in [0.05, 0.1) is 23.2 Å². The first-order valence-electron chi connectivity index (χ1n) is 7.92. The number of hydrogen-bond donors (Lipinski definition) is 2. The predicted octanol–water partition coefficient (Wildman–Crippen LogP) is 1.77. The fourth-order valence-electron chi connectivity index (χ4n) is 3.04. The van der Waals surface area contributed by atoms with Gasteiger partial charge < -0.3 is 15.0 Å². The number of carboxylic acid groups (broad SMARTS) is 1. The van der Waals surface area contributed by atoms with Gasteiger partial charge in [-0.2, -0.15) is 13.2 Å². The standard InChI is InChI=1S/C17H14F3N3O4/c18-17(19,20)11-8-23(7-10(11)16(26)27)15(25)9-4-5-13(22-14(9)24)12-3-1-2-6-21-12/h1-6,10-11H,7-8H2,(H,22,24)(H,26,27)/t10-,11-/m1/s1. The Morgan fingerprint density at radius 1 is 1.19 bits per heavy atom. The summed E-state index contributed by atoms with van der Waals surface area (Å²) in [6, 6.07) is 7.64. The number of carbonyl (C=O) groups excluding carboxylic acids is 1. The molecular formula is C17H14F3N3O4. The van der Waals surface area contributed by atoms with Gasteiger partial charge in [0.1, 0.15) is 5.56 Å². The minimum atomic E-state index is -4.76. The fourth-order valence-corrected chi connectivity index (χ4v) is 3.04. The third kappa shape index (κ3) is 3.69. The SMILES string of the molecule is O=C(O)[C@@H]1CN(C(=O)c2ccc(-c3ccccn3)[nH]c2=O)C[C@H]1C(F)(F)F. The number of rotatable bonds is 3. The van der Waals surface area contributed by atoms with E-state index in [0.29, 0.717) is 11.4 Å². The number of amides is 1. The van der Waals surface area contributed by atoms with E-state index in [1.54, 1.807) is 18.2 Å². The Labute approximate surface area is 150 Å². The zero-order valence-electron chi connectivity index (χ0n) is 13.7. The van der Waals surface area contributed by atoms with Crippen molar-refractivity contribution in [1.29, 1.82) is 0 Å². The van der Waals surface area contributed by atoms with E-state index in [1.807, 2.05) is 0 Å². The van der Waals surface area contributed by atoms with Gasteiger partial charge in [-0.15, -0.1) is 0 Å². The first kappa shape index (κ1) is 18.6. The van der Waals surface area contributed by atoms with Crippen molar-refractivity contribution in [2.75, 3.05) is 13.1 Å². The van der Waals surface area contributed by atoms with Crippen molar-refractivity contribution in [3.63, 3.8) is 0 Å². The molecule has 2 N–H and O–H groups in total. The number of aromatic amines is 1. The molecule has 2 atom stereocenters. The summed E-state index contributed by atoms with van der Waals surface area (Å²) in [6.07, 6.45) is -3.24. The van der Waals surface area contributed by atoms with Gasteiger partial charge in [-0.1, -0.05) is 6.07 Å². The van der Waals surface area contributed by atoms with E-state index in [-0.39, 0.29) is 5.56 Å². The number of likely N-dealkylation sites (tertiary alicyclic amines) is 1. The van der Waals surface area contributed by atoms with Gasteiger partial charge in [-0.3, -0.25) is 19.4 Å². The molecule has 27 heavy (non-hydrogen) atoms. The molecule has 1 saturated heterocycles. The molecule has 0 bridgehead atoms. The first-order chi connectivity index (χ1) is 12.7. The lowest BCUT2D eigenvalue weighted by Gasteiger charge is -2.18. The van der Waals surface area contributed by atoms with Gasteiger partial charge in [-0.25, -0.2) is 0 Å². The minimum Gasteiger partial charge on any atom is -0.481 e. The number of nitrogens with one attached hydrogen (secondary N) is 1. The molecule has 0 saturated carbocycles. The van der Waals surface area contributed by atoms with Crippen molar-refractivity contribution in [2.24, 2.45) is 11.8 Å². The van der Waals surface area contributed by atoms with Gasteiger partial charge in [0.15, 0.2) is 0 Å². The average Bonchev–Trinajstić information content (AvgIpc) is 3.08. The molecule has 1 aliphatic heterocycles. The molecule has 2 aromatic heterocycles. The van der Waals surface area contributed by atoms with Gasteiger partial charge in [0, 0.05) is 19.3 Å². The summed E-state index contributed by atoms with van der Waals surface area (Å²) in [7, 11) is 0. The summed E-state index contributed by atoms with van der Waals surface area (Å²) in [4.78, 5) is 43.1. The van der Waals surface area contributed by atoms with Crippen LogP contribution in [0, 0.1) is 11.8 Å². The van der Waals surface area contributed by atoms with Gasteiger partial charge in [0.2, 0.25) is 0 Å². The monoisotopic (exact) mass is 381 g/mol. The molecule has 0 aliphatic carbocycles. The molecule has 1 amide bonds. The number of H-pyrrole nitrogens is 1. The lowest BCUT2D eigenvalue weighted by molar-refractivity contribution is -0.187. The van der Waals surface area contributed by atoms with E-state index in [1.165, 1.54) is 18.3 Å². The Morgan fingerprint density at radius 3 is 2.44 bits per heavy atom. The normalized spacial score (nSPS) is 19.9. The minimum absolute atomic E-state index is 0.343. The molecule has 3 rings (SSSR count). The summed E-state index contributed by atoms with van der Waals surface area (Å²) < 4.78 is 39.2. The second-order valence-electron chi connectivity index (χ2n) is 6.13. The maximum atomic E-state index is 13.1. The quantitative estimate of drug-likeness (QED) is 0.844. The van der Waals surface area contributed by atoms with Crippen LogP contribution in [0.4, 0.5) is 13.2 Å². The number of alkyl halides is 3. The lowest BCUT2D eigenvalue weighted by Crippen LogP contribution is -2.35. The first-order valence-corrected chi connectivity index (χ1v) is 7.92. The van der Waals surface area contributed by atoms with E-state index in [4.69, 9.17) is 5.11 Å². The predicted molar refractivity (Wildman–Crippen MR) is 86.9 cm³/mol. The summed E-state index contributed by atoms with van der Waals surface area (Å²) in [5.74, 6) is -6.51. The lowest BCUT2D eigenvalue weighted by atomic mass is 9.96. The van der Waals surface area contributed by atoms with Crippen LogP contribution in [0.1, 0.15) is 10.4 Å². The molecule has 10 heteroatoms. The zero-order valence-corrected chi connectivity index (χ0v) is 13.7. The van der Waals surface area contributed by atoms with Crippen LogP contribution in [-0.2, 0) is 4.79 Å². The molecule has 0 radical (unpaired) electrons. The highest BCUT2D eigenvalue weighted by Crippen LogP contribution is 2.38. The van der Waals surface area contributed by atoms with E-state index in [9.17, 15) is 27.6 Å². The molecule has 1 fully saturated rings. The van der Waals surface area contributed by atoms with E-state index < -0.39 is 48.5 Å². The van der Waals surface area contributed by atoms with Gasteiger partial charge >= 0.3 is 12.1 Å². The summed E-state index contributed by atoms with van der Waals surface area (Å²) in [5, 5.41) is 9.02. The van der Waals surface area contributed by atoms with Crippen LogP contribution in [0.3, 0.4) is 0 Å². The van der Waals surface area contributed by atoms with Crippen LogP contribution in [-0.4, -0.2) is 51.1 Å². The van der Waals surface area contributed by atoms with E-state index in [0.717, 1.165) is 4.90 Å². The molecule has 142 valence electrons. The zero-order chi connectivity index (χ0) is 19.8. The molecule has 2 aromatic rings. The third-order valence-corrected chi connectivity index (χ3v) is 4.43. The molecule has 0 aromatic carbocycles. The second kappa shape index (κ2) is 6.86. The van der Waals surface area contributed by atoms with Crippen molar-refractivity contribution < 1.29 is 27.9 Å². The van der Waals surface area contributed by atoms with Gasteiger partial charge in [-0.05, 0) is 24.3 Å². The van der Waals surface area contributed by atoms with Crippen molar-refractivity contribution in [2.45, 2.75) is 6.18 Å². The van der Waals surface area contributed by atoms with Crippen LogP contribution < -0.4 is 5.56 Å². The maximum Gasteiger partial charge on any atom is 0.394 e. The van der Waals surface area contributed by atoms with E-state index >= 15 is 0 Å². The Bertz CT molecular complexity index is 927. The molecular weight excluding hydrogens is 367 g/mol. The number of aromatic nitrogens is 2. The second-order valence-corrected chi connectivity index (χ2v) is 6.13. The highest BCUT2D eigenvalue weighted by atomic mass is 19.4. The maximum absolute atomic E-state index is 13.1. The van der Waals surface area contributed by atoms with Crippen LogP contribution in [0.2, 0.25) is 0 Å². The van der Waals surface area contributed by atoms with Crippen LogP contribution in [0.5, 0.6) is 0 Å². The molecule has 7 nitrogen and oxygen atoms in total. The number of halogens is 3. The van der Waals surface area contributed by atoms with Crippen molar-refractivity contribution in [1.82, 2.24) is 14.9 Å². The summed E-state index contributed by atoms with van der Waals surface area (Å²) in [6.45, 7) is -1.42. The Kier molecular flexibility index (Phi) is 4.73. The Balaban J connectivity index is 1.86. The van der Waals surface area contributed by atoms with Crippen LogP contribution >= 0.6 is 0 Å². The number of nitrogens with zero attached hydrogens (tertiary/aromatic N) is 2. The number of pyridine rings is 2. The van der Waals surface area contributed by atoms with E-state index in [2.05, 4.69) is 9.97 Å². The fraction of sp³-hybridized carbons (Fsp3) is 0.294. The third-order valence-electron chi connectivity index (χ3n) is 4.43.